The number of ether oxygens (including phenoxy) is 1. The second-order valence-corrected chi connectivity index (χ2v) is 5.62. The van der Waals surface area contributed by atoms with Crippen LogP contribution < -0.4 is 0 Å². The normalized spacial score (nSPS) is 31.9. The molecule has 1 heterocycles. The standard InChI is InChI=1S/C13H21NO11/c1-5(17)14(8(20)4-16)9-6(18)2-13(24,12(22)23)25-11(9)10(21)7(19)3-15/h6-7,9-11,15-16,18-19,21,24H,2-4H2,1H3,(H,22,23)/t6-,7+,9+,10+,11+,13-/m0/s1. The van der Waals surface area contributed by atoms with Gasteiger partial charge in [0, 0.05) is 13.3 Å². The molecule has 0 saturated carbocycles. The Hall–Kier alpha value is -1.67. The predicted molar refractivity (Wildman–Crippen MR) is 75.6 cm³/mol. The van der Waals surface area contributed by atoms with Crippen LogP contribution in [0.25, 0.3) is 0 Å². The molecule has 12 nitrogen and oxygen atoms in total. The zero-order valence-electron chi connectivity index (χ0n) is 13.2. The van der Waals surface area contributed by atoms with Crippen LogP contribution in [0, 0.1) is 0 Å². The number of amides is 2. The second-order valence-electron chi connectivity index (χ2n) is 5.62. The first kappa shape index (κ1) is 21.4. The summed E-state index contributed by atoms with van der Waals surface area (Å²) in [6.07, 6.45) is -8.78. The van der Waals surface area contributed by atoms with Crippen LogP contribution >= 0.6 is 0 Å². The maximum Gasteiger partial charge on any atom is 0.364 e. The highest BCUT2D eigenvalue weighted by Crippen LogP contribution is 2.33. The number of carbonyl (C=O) groups excluding carboxylic acids is 2. The van der Waals surface area contributed by atoms with Crippen molar-refractivity contribution in [1.29, 1.82) is 0 Å². The highest BCUT2D eigenvalue weighted by atomic mass is 16.7. The van der Waals surface area contributed by atoms with E-state index in [0.29, 0.717) is 4.90 Å². The predicted octanol–water partition coefficient (Wildman–Crippen LogP) is -4.64. The molecular formula is C13H21NO11. The Morgan fingerprint density at radius 3 is 2.24 bits per heavy atom. The third-order valence-corrected chi connectivity index (χ3v) is 3.84. The summed E-state index contributed by atoms with van der Waals surface area (Å²) in [7, 11) is 0. The van der Waals surface area contributed by atoms with E-state index in [4.69, 9.17) is 20.1 Å². The summed E-state index contributed by atoms with van der Waals surface area (Å²) in [6.45, 7) is -1.23. The number of hydrogen-bond donors (Lipinski definition) is 7. The van der Waals surface area contributed by atoms with Gasteiger partial charge in [-0.3, -0.25) is 14.5 Å². The van der Waals surface area contributed by atoms with Crippen molar-refractivity contribution in [3.05, 3.63) is 0 Å². The van der Waals surface area contributed by atoms with Crippen LogP contribution in [0.4, 0.5) is 0 Å². The molecule has 0 aromatic rings. The van der Waals surface area contributed by atoms with Crippen LogP contribution in [0.15, 0.2) is 0 Å². The first-order valence-corrected chi connectivity index (χ1v) is 7.22. The monoisotopic (exact) mass is 367 g/mol. The number of carboxylic acid groups (broad SMARTS) is 1. The lowest BCUT2D eigenvalue weighted by Crippen LogP contribution is -2.69. The molecule has 1 rings (SSSR count). The summed E-state index contributed by atoms with van der Waals surface area (Å²) >= 11 is 0. The van der Waals surface area contributed by atoms with Gasteiger partial charge in [0.2, 0.25) is 5.91 Å². The number of aliphatic hydroxyl groups is 6. The lowest BCUT2D eigenvalue weighted by atomic mass is 9.87. The quantitative estimate of drug-likeness (QED) is 0.238. The Bertz CT molecular complexity index is 526. The minimum Gasteiger partial charge on any atom is -0.477 e. The van der Waals surface area contributed by atoms with Gasteiger partial charge >= 0.3 is 5.97 Å². The third-order valence-electron chi connectivity index (χ3n) is 3.84. The van der Waals surface area contributed by atoms with Crippen molar-refractivity contribution in [2.45, 2.75) is 49.6 Å². The summed E-state index contributed by atoms with van der Waals surface area (Å²) < 4.78 is 4.88. The molecule has 0 unspecified atom stereocenters. The van der Waals surface area contributed by atoms with Gasteiger partial charge in [0.15, 0.2) is 0 Å². The van der Waals surface area contributed by atoms with Gasteiger partial charge in [-0.05, 0) is 0 Å². The Morgan fingerprint density at radius 1 is 1.28 bits per heavy atom. The highest BCUT2D eigenvalue weighted by molar-refractivity contribution is 5.95. The maximum atomic E-state index is 11.8. The van der Waals surface area contributed by atoms with Gasteiger partial charge in [-0.1, -0.05) is 0 Å². The van der Waals surface area contributed by atoms with Crippen LogP contribution in [-0.4, -0.2) is 108 Å². The molecule has 1 aliphatic rings. The van der Waals surface area contributed by atoms with Crippen LogP contribution in [0.5, 0.6) is 0 Å². The molecule has 0 aliphatic carbocycles. The molecule has 144 valence electrons. The van der Waals surface area contributed by atoms with Crippen molar-refractivity contribution in [3.63, 3.8) is 0 Å². The zero-order chi connectivity index (χ0) is 19.5. The van der Waals surface area contributed by atoms with Gasteiger partial charge in [0.05, 0.1) is 18.8 Å². The molecule has 2 amide bonds. The molecule has 0 radical (unpaired) electrons. The van der Waals surface area contributed by atoms with E-state index in [1.54, 1.807) is 0 Å². The maximum absolute atomic E-state index is 11.8. The van der Waals surface area contributed by atoms with E-state index >= 15 is 0 Å². The summed E-state index contributed by atoms with van der Waals surface area (Å²) in [5.41, 5.74) is 0. The number of imide groups is 1. The molecular weight excluding hydrogens is 346 g/mol. The van der Waals surface area contributed by atoms with Crippen LogP contribution in [0.3, 0.4) is 0 Å². The summed E-state index contributed by atoms with van der Waals surface area (Å²) in [4.78, 5) is 35.1. The van der Waals surface area contributed by atoms with Crippen LogP contribution in [-0.2, 0) is 19.1 Å². The van der Waals surface area contributed by atoms with E-state index in [-0.39, 0.29) is 0 Å². The molecule has 12 heteroatoms. The minimum absolute atomic E-state index is 0.337. The molecule has 7 N–H and O–H groups in total. The van der Waals surface area contributed by atoms with Crippen molar-refractivity contribution in [2.24, 2.45) is 0 Å². The summed E-state index contributed by atoms with van der Waals surface area (Å²) in [5.74, 6) is -7.04. The van der Waals surface area contributed by atoms with Crippen molar-refractivity contribution >= 4 is 17.8 Å². The van der Waals surface area contributed by atoms with Gasteiger partial charge in [0.1, 0.15) is 24.9 Å². The lowest BCUT2D eigenvalue weighted by Gasteiger charge is -2.47. The number of rotatable bonds is 6. The topological polar surface area (TPSA) is 205 Å². The zero-order valence-corrected chi connectivity index (χ0v) is 13.2. The van der Waals surface area contributed by atoms with Crippen molar-refractivity contribution in [3.8, 4) is 0 Å². The van der Waals surface area contributed by atoms with Crippen LogP contribution in [0.1, 0.15) is 13.3 Å². The minimum atomic E-state index is -2.97. The number of aliphatic hydroxyl groups excluding tert-OH is 5. The first-order chi connectivity index (χ1) is 11.5. The Balaban J connectivity index is 3.37. The Morgan fingerprint density at radius 2 is 1.84 bits per heavy atom. The molecule has 25 heavy (non-hydrogen) atoms. The van der Waals surface area contributed by atoms with Gasteiger partial charge in [-0.25, -0.2) is 4.79 Å². The molecule has 0 spiro atoms. The molecule has 1 saturated heterocycles. The molecule has 0 aromatic heterocycles. The molecule has 0 bridgehead atoms. The molecule has 0 aromatic carbocycles. The number of aliphatic carboxylic acids is 1. The van der Waals surface area contributed by atoms with E-state index in [0.717, 1.165) is 6.92 Å². The van der Waals surface area contributed by atoms with Gasteiger partial charge in [-0.15, -0.1) is 0 Å². The largest absolute Gasteiger partial charge is 0.477 e. The van der Waals surface area contributed by atoms with E-state index in [1.165, 1.54) is 0 Å². The summed E-state index contributed by atoms with van der Waals surface area (Å²) in [6, 6.07) is -1.73. The fourth-order valence-corrected chi connectivity index (χ4v) is 2.65. The lowest BCUT2D eigenvalue weighted by molar-refractivity contribution is -0.302. The Kier molecular flexibility index (Phi) is 6.96. The average molecular weight is 367 g/mol. The molecule has 1 fully saturated rings. The SMILES string of the molecule is CC(=O)N(C(=O)CO)[C@H]1[C@H]([C@H](O)[C@H](O)CO)O[C@](O)(C(=O)O)C[C@@H]1O. The van der Waals surface area contributed by atoms with Gasteiger partial charge in [-0.2, -0.15) is 0 Å². The van der Waals surface area contributed by atoms with Gasteiger partial charge in [0.25, 0.3) is 11.7 Å². The number of hydrogen-bond acceptors (Lipinski definition) is 10. The number of carboxylic acids is 1. The molecule has 1 aliphatic heterocycles. The van der Waals surface area contributed by atoms with E-state index in [9.17, 15) is 34.8 Å². The van der Waals surface area contributed by atoms with Crippen molar-refractivity contribution in [2.75, 3.05) is 13.2 Å². The van der Waals surface area contributed by atoms with Gasteiger partial charge < -0.3 is 40.5 Å². The van der Waals surface area contributed by atoms with E-state index in [2.05, 4.69) is 0 Å². The average Bonchev–Trinajstić information content (AvgIpc) is 2.54. The smallest absolute Gasteiger partial charge is 0.364 e. The second kappa shape index (κ2) is 8.14. The van der Waals surface area contributed by atoms with Crippen molar-refractivity contribution in [1.82, 2.24) is 4.90 Å². The number of carbonyl (C=O) groups is 3. The fourth-order valence-electron chi connectivity index (χ4n) is 2.65. The van der Waals surface area contributed by atoms with E-state index in [1.807, 2.05) is 0 Å². The number of nitrogens with zero attached hydrogens (tertiary/aromatic N) is 1. The van der Waals surface area contributed by atoms with Crippen LogP contribution in [0.2, 0.25) is 0 Å². The highest BCUT2D eigenvalue weighted by Gasteiger charge is 2.56. The summed E-state index contributed by atoms with van der Waals surface area (Å²) in [5, 5.41) is 66.8. The fraction of sp³-hybridized carbons (Fsp3) is 0.769. The Labute approximate surface area is 141 Å². The first-order valence-electron chi connectivity index (χ1n) is 7.22. The van der Waals surface area contributed by atoms with E-state index < -0.39 is 73.7 Å². The third kappa shape index (κ3) is 4.30. The molecule has 6 atom stereocenters. The van der Waals surface area contributed by atoms with Crippen molar-refractivity contribution < 1.29 is 54.9 Å².